The van der Waals surface area contributed by atoms with Crippen molar-refractivity contribution >= 4 is 77.0 Å². The Bertz CT molecular complexity index is 2490. The van der Waals surface area contributed by atoms with Crippen LogP contribution in [0.4, 0.5) is 0 Å². The number of carbonyl (C=O) groups excluding carboxylic acids is 11. The highest BCUT2D eigenvalue weighted by atomic mass is 16.7. The summed E-state index contributed by atoms with van der Waals surface area (Å²) in [6.07, 6.45) is 0.700. The summed E-state index contributed by atoms with van der Waals surface area (Å²) in [6, 6.07) is -8.20. The van der Waals surface area contributed by atoms with E-state index in [1.165, 1.54) is 19.1 Å². The van der Waals surface area contributed by atoms with Gasteiger partial charge in [-0.3, -0.25) is 57.5 Å². The normalized spacial score (nSPS) is 24.7. The summed E-state index contributed by atoms with van der Waals surface area (Å²) in [5.41, 5.74) is 17.2. The highest BCUT2D eigenvalue weighted by Crippen LogP contribution is 2.23. The predicted molar refractivity (Wildman–Crippen MR) is 294 cm³/mol. The molecule has 2 fully saturated rings. The van der Waals surface area contributed by atoms with E-state index >= 15 is 0 Å². The van der Waals surface area contributed by atoms with Gasteiger partial charge in [0.2, 0.25) is 53.2 Å². The van der Waals surface area contributed by atoms with Crippen molar-refractivity contribution in [1.29, 1.82) is 0 Å². The van der Waals surface area contributed by atoms with Gasteiger partial charge in [0, 0.05) is 26.9 Å². The van der Waals surface area contributed by atoms with Crippen LogP contribution in [0.15, 0.2) is 30.3 Å². The fourth-order valence-electron chi connectivity index (χ4n) is 9.35. The summed E-state index contributed by atoms with van der Waals surface area (Å²) < 4.78 is 5.44. The van der Waals surface area contributed by atoms with E-state index in [0.717, 1.165) is 70.4 Å². The number of esters is 1. The molecule has 0 aromatic heterocycles. The topological polar surface area (TPSA) is 469 Å². The molecule has 2 aliphatic rings. The van der Waals surface area contributed by atoms with Gasteiger partial charge in [0.05, 0.1) is 38.4 Å². The first-order valence-corrected chi connectivity index (χ1v) is 27.9. The molecule has 15 N–H and O–H groups in total. The van der Waals surface area contributed by atoms with Crippen LogP contribution in [-0.4, -0.2) is 200 Å². The average Bonchev–Trinajstić information content (AvgIpc) is 1.27. The van der Waals surface area contributed by atoms with Gasteiger partial charge in [-0.25, -0.2) is 14.7 Å². The molecule has 0 aliphatic carbocycles. The first-order chi connectivity index (χ1) is 39.6. The number of nitrogens with zero attached hydrogens (tertiary/aromatic N) is 3. The molecule has 3 rings (SSSR count). The van der Waals surface area contributed by atoms with Gasteiger partial charge < -0.3 is 78.7 Å². The van der Waals surface area contributed by atoms with Crippen LogP contribution in [-0.2, 0) is 78.3 Å². The van der Waals surface area contributed by atoms with Crippen LogP contribution in [0, 0.1) is 11.8 Å². The van der Waals surface area contributed by atoms with Gasteiger partial charge in [0.1, 0.15) is 48.9 Å². The van der Waals surface area contributed by atoms with Crippen LogP contribution < -0.4 is 43.8 Å². The first-order valence-electron chi connectivity index (χ1n) is 27.9. The highest BCUT2D eigenvalue weighted by Gasteiger charge is 2.51. The number of carboxylic acid groups (broad SMARTS) is 2. The fraction of sp³-hybridized carbons (Fsp3) is 0.648. The molecule has 468 valence electrons. The van der Waals surface area contributed by atoms with Gasteiger partial charge in [-0.1, -0.05) is 109 Å². The van der Waals surface area contributed by atoms with E-state index in [1.807, 2.05) is 0 Å². The molecule has 30 heteroatoms. The molecule has 2 aliphatic heterocycles. The van der Waals surface area contributed by atoms with Gasteiger partial charge in [-0.05, 0) is 23.8 Å². The third kappa shape index (κ3) is 22.1. The van der Waals surface area contributed by atoms with Crippen molar-refractivity contribution in [2.24, 2.45) is 29.0 Å². The third-order valence-electron chi connectivity index (χ3n) is 14.5. The number of hydrogen-bond acceptors (Lipinski definition) is 18. The molecule has 30 nitrogen and oxygen atoms in total. The maximum absolute atomic E-state index is 14.8. The quantitative estimate of drug-likeness (QED) is 0.0323. The third-order valence-corrected chi connectivity index (χ3v) is 14.5. The van der Waals surface area contributed by atoms with E-state index in [1.54, 1.807) is 18.2 Å². The van der Waals surface area contributed by atoms with Crippen molar-refractivity contribution in [2.45, 2.75) is 184 Å². The van der Waals surface area contributed by atoms with Gasteiger partial charge >= 0.3 is 17.9 Å². The van der Waals surface area contributed by atoms with Crippen LogP contribution >= 0.6 is 0 Å². The highest BCUT2D eigenvalue weighted by molar-refractivity contribution is 6.00. The molecule has 0 radical (unpaired) electrons. The lowest BCUT2D eigenvalue weighted by atomic mass is 9.97. The minimum absolute atomic E-state index is 0.153. The van der Waals surface area contributed by atoms with Gasteiger partial charge in [-0.2, -0.15) is 0 Å². The summed E-state index contributed by atoms with van der Waals surface area (Å²) in [5, 5.41) is 52.9. The van der Waals surface area contributed by atoms with Gasteiger partial charge in [0.15, 0.2) is 12.3 Å². The van der Waals surface area contributed by atoms with Crippen LogP contribution in [0.2, 0.25) is 0 Å². The number of amides is 10. The number of hydroxylamine groups is 2. The molecule has 2 saturated heterocycles. The number of carboxylic acids is 2. The monoisotopic (exact) mass is 1190 g/mol. The Morgan fingerprint density at radius 2 is 1.27 bits per heavy atom. The van der Waals surface area contributed by atoms with Crippen LogP contribution in [0.5, 0.6) is 0 Å². The lowest BCUT2D eigenvalue weighted by Crippen LogP contribution is -2.73. The molecular formula is C54H83N11O19. The lowest BCUT2D eigenvalue weighted by Gasteiger charge is -2.44. The van der Waals surface area contributed by atoms with Crippen molar-refractivity contribution in [3.8, 4) is 0 Å². The second-order valence-electron chi connectivity index (χ2n) is 21.3. The van der Waals surface area contributed by atoms with Crippen molar-refractivity contribution in [2.75, 3.05) is 27.3 Å². The first kappa shape index (κ1) is 70.4. The van der Waals surface area contributed by atoms with Crippen molar-refractivity contribution in [3.63, 3.8) is 0 Å². The average molecular weight is 1190 g/mol. The number of aliphatic hydroxyl groups is 2. The van der Waals surface area contributed by atoms with E-state index in [-0.39, 0.29) is 12.8 Å². The number of likely N-dealkylation sites (N-methyl/N-ethyl adjacent to an activating group) is 2. The Morgan fingerprint density at radius 3 is 1.83 bits per heavy atom. The summed E-state index contributed by atoms with van der Waals surface area (Å²) in [6.45, 7) is 3.21. The van der Waals surface area contributed by atoms with Crippen molar-refractivity contribution in [3.05, 3.63) is 35.9 Å². The Balaban J connectivity index is 2.17. The number of fused-ring (bicyclic) bond motifs is 1. The van der Waals surface area contributed by atoms with Crippen molar-refractivity contribution in [1.82, 2.24) is 41.4 Å². The SMILES string of the molecule is CCC(C)CCCCCCCCCCC(=O)N[C@H]1COC(=O)[C@H]([C@H](C)CC(=O)O)NC(=O)[C@H]([C@H](O)CC(N)=O)NC(=O)[C@H](CC(N)=O)N(C)C(=O)[C@H](Cc2ccccc2)N(C)C(=O)[C@H](CC(=O)O)NC(=O)C2C(N)ON2C(=O)[C@H](CO)NC1=O. The zero-order chi connectivity index (χ0) is 63.0. The molecule has 10 amide bonds. The number of cyclic esters (lactones) is 1. The van der Waals surface area contributed by atoms with E-state index < -0.39 is 182 Å². The molecule has 2 heterocycles. The zero-order valence-corrected chi connectivity index (χ0v) is 48.0. The Kier molecular flexibility index (Phi) is 29.1. The summed E-state index contributed by atoms with van der Waals surface area (Å²) in [4.78, 5) is 183. The maximum atomic E-state index is 14.8. The number of primary amides is 2. The fourth-order valence-corrected chi connectivity index (χ4v) is 9.35. The number of nitrogens with two attached hydrogens (primary N) is 3. The smallest absolute Gasteiger partial charge is 0.329 e. The summed E-state index contributed by atoms with van der Waals surface area (Å²) >= 11 is 0. The van der Waals surface area contributed by atoms with Crippen molar-refractivity contribution < 1.29 is 92.3 Å². The number of aliphatic hydroxyl groups excluding tert-OH is 2. The summed E-state index contributed by atoms with van der Waals surface area (Å²) in [7, 11) is 2.03. The van der Waals surface area contributed by atoms with E-state index in [0.29, 0.717) is 34.3 Å². The number of aliphatic carboxylic acids is 2. The number of unbranched alkanes of at least 4 members (excludes halogenated alkanes) is 7. The van der Waals surface area contributed by atoms with E-state index in [2.05, 4.69) is 40.4 Å². The molecule has 3 unspecified atom stereocenters. The number of hydrogen-bond donors (Lipinski definition) is 12. The standard InChI is InChI=1S/C54H83N11O19/c1-6-29(2)18-14-11-9-7-8-10-12-17-21-40(70)58-34-28-83-54(82)43(30(3)22-41(71)72)61-49(77)44(37(67)26-39(56)69)62-48(76)35(25-38(55)68)63(4)53(81)36(23-31-19-15-13-16-20-31)64(5)51(79)32(24-42(73)74)59-50(78)45-46(57)84-65(45)52(80)33(27-66)60-47(34)75/h13,15-16,19-20,29-30,32-37,43-46,66-67H,6-12,14,17-18,21-28,57H2,1-5H3,(H2,55,68)(H2,56,69)(H,58,70)(H,59,78)(H,60,75)(H,61,77)(H,62,76)(H,71,72)(H,73,74)/t29?,30-,32+,33+,34+,35+,36+,37-,43+,44+,45?,46?/m1/s1. The summed E-state index contributed by atoms with van der Waals surface area (Å²) in [5.74, 6) is -17.9. The second-order valence-corrected chi connectivity index (χ2v) is 21.3. The van der Waals surface area contributed by atoms with Crippen LogP contribution in [0.3, 0.4) is 0 Å². The number of rotatable bonds is 26. The maximum Gasteiger partial charge on any atom is 0.329 e. The number of ether oxygens (including phenoxy) is 1. The Hall–Kier alpha value is -7.83. The number of benzene rings is 1. The molecule has 1 aromatic carbocycles. The van der Waals surface area contributed by atoms with Crippen LogP contribution in [0.25, 0.3) is 0 Å². The Labute approximate surface area is 485 Å². The zero-order valence-electron chi connectivity index (χ0n) is 48.0. The molecule has 0 spiro atoms. The lowest BCUT2D eigenvalue weighted by molar-refractivity contribution is -0.307. The molecule has 0 saturated carbocycles. The minimum atomic E-state index is -2.33. The predicted octanol–water partition coefficient (Wildman–Crippen LogP) is -3.07. The molecule has 84 heavy (non-hydrogen) atoms. The van der Waals surface area contributed by atoms with Gasteiger partial charge in [-0.15, -0.1) is 0 Å². The molecule has 12 atom stereocenters. The molecule has 0 bridgehead atoms. The van der Waals surface area contributed by atoms with Gasteiger partial charge in [0.25, 0.3) is 5.91 Å². The Morgan fingerprint density at radius 1 is 0.690 bits per heavy atom. The second kappa shape index (κ2) is 34.7. The number of nitrogens with one attached hydrogen (secondary N) is 5. The number of carbonyl (C=O) groups is 13. The largest absolute Gasteiger partial charge is 0.481 e. The van der Waals surface area contributed by atoms with Crippen LogP contribution in [0.1, 0.15) is 123 Å². The molecule has 1 aromatic rings. The van der Waals surface area contributed by atoms with E-state index in [9.17, 15) is 82.8 Å². The molecular weight excluding hydrogens is 1110 g/mol. The minimum Gasteiger partial charge on any atom is -0.481 e. The van der Waals surface area contributed by atoms with E-state index in [4.69, 9.17) is 26.8 Å².